The van der Waals surface area contributed by atoms with Gasteiger partial charge in [-0.3, -0.25) is 9.89 Å². The molecule has 0 aliphatic heterocycles. The minimum atomic E-state index is -4.21. The Morgan fingerprint density at radius 3 is 2.28 bits per heavy atom. The lowest BCUT2D eigenvalue weighted by molar-refractivity contribution is 0.0646. The standard InChI is InChI=1S/C22H27N5O4S/c1-27(15-7-4-8-15)21(28)18-12-19(25-24-18)32(30,31)26-22(29)23-20-16-9-2-5-13(16)11-14-6-3-10-17(14)20/h11-12,15H,2-10H2,1H3,(H,24,25)(H2,23,26,29). The lowest BCUT2D eigenvalue weighted by atomic mass is 9.92. The van der Waals surface area contributed by atoms with Crippen LogP contribution < -0.4 is 10.0 Å². The number of fused-ring (bicyclic) bond motifs is 2. The molecule has 0 radical (unpaired) electrons. The summed E-state index contributed by atoms with van der Waals surface area (Å²) in [5.74, 6) is -0.340. The number of aromatic amines is 1. The maximum atomic E-state index is 12.7. The third-order valence-electron chi connectivity index (χ3n) is 6.94. The SMILES string of the molecule is CN(C(=O)c1cc(S(=O)(=O)NC(=O)Nc2c3c(cc4c2CCC4)CCC3)[nH]n1)C1CCC1. The molecule has 1 saturated carbocycles. The van der Waals surface area contributed by atoms with Crippen molar-refractivity contribution in [2.24, 2.45) is 0 Å². The molecule has 0 spiro atoms. The van der Waals surface area contributed by atoms with Crippen LogP contribution in [0, 0.1) is 0 Å². The topological polar surface area (TPSA) is 124 Å². The van der Waals surface area contributed by atoms with Gasteiger partial charge in [-0.25, -0.2) is 9.52 Å². The smallest absolute Gasteiger partial charge is 0.333 e. The Labute approximate surface area is 187 Å². The number of rotatable bonds is 5. The normalized spacial score (nSPS) is 17.4. The van der Waals surface area contributed by atoms with Crippen LogP contribution in [0.25, 0.3) is 0 Å². The Morgan fingerprint density at radius 2 is 1.69 bits per heavy atom. The lowest BCUT2D eigenvalue weighted by Gasteiger charge is -2.34. The second kappa shape index (κ2) is 7.91. The van der Waals surface area contributed by atoms with Gasteiger partial charge in [-0.15, -0.1) is 0 Å². The number of aryl methyl sites for hydroxylation is 2. The highest BCUT2D eigenvalue weighted by Gasteiger charge is 2.30. The maximum Gasteiger partial charge on any atom is 0.333 e. The van der Waals surface area contributed by atoms with Gasteiger partial charge in [-0.05, 0) is 80.0 Å². The molecule has 3 aliphatic carbocycles. The molecule has 5 rings (SSSR count). The molecule has 1 aromatic carbocycles. The van der Waals surface area contributed by atoms with Gasteiger partial charge in [-0.2, -0.15) is 13.5 Å². The number of urea groups is 1. The van der Waals surface area contributed by atoms with Crippen LogP contribution in [0.1, 0.15) is 64.8 Å². The van der Waals surface area contributed by atoms with Gasteiger partial charge >= 0.3 is 6.03 Å². The van der Waals surface area contributed by atoms with Crippen LogP contribution in [-0.4, -0.2) is 48.5 Å². The third-order valence-corrected chi connectivity index (χ3v) is 8.19. The highest BCUT2D eigenvalue weighted by atomic mass is 32.2. The summed E-state index contributed by atoms with van der Waals surface area (Å²) in [5.41, 5.74) is 5.51. The summed E-state index contributed by atoms with van der Waals surface area (Å²) in [6, 6.07) is 2.77. The highest BCUT2D eigenvalue weighted by molar-refractivity contribution is 7.90. The summed E-state index contributed by atoms with van der Waals surface area (Å²) >= 11 is 0. The second-order valence-corrected chi connectivity index (χ2v) is 10.6. The van der Waals surface area contributed by atoms with E-state index in [0.29, 0.717) is 0 Å². The molecule has 1 aromatic heterocycles. The Morgan fingerprint density at radius 1 is 1.03 bits per heavy atom. The number of nitrogens with one attached hydrogen (secondary N) is 3. The summed E-state index contributed by atoms with van der Waals surface area (Å²) < 4.78 is 27.5. The van der Waals surface area contributed by atoms with E-state index in [2.05, 4.69) is 26.3 Å². The number of H-pyrrole nitrogens is 1. The molecule has 32 heavy (non-hydrogen) atoms. The van der Waals surface area contributed by atoms with E-state index in [1.165, 1.54) is 17.2 Å². The van der Waals surface area contributed by atoms with E-state index in [1.54, 1.807) is 11.9 Å². The van der Waals surface area contributed by atoms with Crippen molar-refractivity contribution in [3.05, 3.63) is 40.1 Å². The van der Waals surface area contributed by atoms with Crippen molar-refractivity contribution in [3.63, 3.8) is 0 Å². The molecule has 10 heteroatoms. The van der Waals surface area contributed by atoms with Crippen LogP contribution in [0.15, 0.2) is 17.2 Å². The predicted molar refractivity (Wildman–Crippen MR) is 118 cm³/mol. The van der Waals surface area contributed by atoms with Crippen LogP contribution in [0.2, 0.25) is 0 Å². The molecule has 3 N–H and O–H groups in total. The van der Waals surface area contributed by atoms with E-state index < -0.39 is 16.1 Å². The van der Waals surface area contributed by atoms with E-state index in [-0.39, 0.29) is 22.7 Å². The fourth-order valence-electron chi connectivity index (χ4n) is 4.95. The van der Waals surface area contributed by atoms with E-state index in [0.717, 1.165) is 74.6 Å². The van der Waals surface area contributed by atoms with Gasteiger partial charge in [0.1, 0.15) is 0 Å². The maximum absolute atomic E-state index is 12.7. The molecule has 9 nitrogen and oxygen atoms in total. The molecule has 3 aliphatic rings. The molecular formula is C22H27N5O4S. The molecular weight excluding hydrogens is 430 g/mol. The van der Waals surface area contributed by atoms with Gasteiger partial charge in [0, 0.05) is 24.8 Å². The van der Waals surface area contributed by atoms with Crippen molar-refractivity contribution < 1.29 is 18.0 Å². The number of carbonyl (C=O) groups is 2. The lowest BCUT2D eigenvalue weighted by Crippen LogP contribution is -2.41. The Bertz CT molecular complexity index is 1170. The van der Waals surface area contributed by atoms with Gasteiger partial charge in [-0.1, -0.05) is 6.07 Å². The molecule has 0 atom stereocenters. The minimum Gasteiger partial charge on any atom is -0.337 e. The van der Waals surface area contributed by atoms with Gasteiger partial charge < -0.3 is 10.2 Å². The van der Waals surface area contributed by atoms with Crippen molar-refractivity contribution in [1.29, 1.82) is 0 Å². The Kier molecular flexibility index (Phi) is 5.19. The van der Waals surface area contributed by atoms with E-state index in [9.17, 15) is 18.0 Å². The molecule has 0 unspecified atom stereocenters. The second-order valence-electron chi connectivity index (χ2n) is 8.91. The first kappa shape index (κ1) is 21.0. The zero-order valence-corrected chi connectivity index (χ0v) is 18.8. The van der Waals surface area contributed by atoms with Crippen molar-refractivity contribution in [2.45, 2.75) is 68.9 Å². The van der Waals surface area contributed by atoms with Crippen LogP contribution in [-0.2, 0) is 35.7 Å². The first-order valence-electron chi connectivity index (χ1n) is 11.2. The van der Waals surface area contributed by atoms with Gasteiger partial charge in [0.2, 0.25) is 0 Å². The fraction of sp³-hybridized carbons (Fsp3) is 0.500. The summed E-state index contributed by atoms with van der Waals surface area (Å²) in [6.45, 7) is 0. The number of hydrogen-bond donors (Lipinski definition) is 3. The molecule has 0 saturated heterocycles. The number of carbonyl (C=O) groups excluding carboxylic acids is 2. The Balaban J connectivity index is 1.31. The third kappa shape index (κ3) is 3.66. The van der Waals surface area contributed by atoms with E-state index in [4.69, 9.17) is 0 Å². The first-order valence-corrected chi connectivity index (χ1v) is 12.6. The van der Waals surface area contributed by atoms with Crippen molar-refractivity contribution in [1.82, 2.24) is 19.8 Å². The number of anilines is 1. The number of sulfonamides is 1. The molecule has 1 heterocycles. The van der Waals surface area contributed by atoms with Crippen LogP contribution >= 0.6 is 0 Å². The zero-order chi connectivity index (χ0) is 22.5. The zero-order valence-electron chi connectivity index (χ0n) is 18.0. The quantitative estimate of drug-likeness (QED) is 0.636. The van der Waals surface area contributed by atoms with Crippen molar-refractivity contribution >= 4 is 27.6 Å². The number of benzene rings is 1. The Hall–Kier alpha value is -2.88. The van der Waals surface area contributed by atoms with E-state index in [1.807, 2.05) is 0 Å². The predicted octanol–water partition coefficient (Wildman–Crippen LogP) is 2.52. The summed E-state index contributed by atoms with van der Waals surface area (Å²) in [5, 5.41) is 8.73. The van der Waals surface area contributed by atoms with Crippen LogP contribution in [0.5, 0.6) is 0 Å². The molecule has 170 valence electrons. The molecule has 2 aromatic rings. The van der Waals surface area contributed by atoms with Crippen molar-refractivity contribution in [2.75, 3.05) is 12.4 Å². The van der Waals surface area contributed by atoms with Gasteiger partial charge in [0.25, 0.3) is 15.9 Å². The summed E-state index contributed by atoms with van der Waals surface area (Å²) in [4.78, 5) is 26.8. The average molecular weight is 458 g/mol. The number of amides is 3. The molecule has 0 bridgehead atoms. The average Bonchev–Trinajstić information content (AvgIpc) is 3.45. The molecule has 1 fully saturated rings. The number of nitrogens with zero attached hydrogens (tertiary/aromatic N) is 2. The van der Waals surface area contributed by atoms with Gasteiger partial charge in [0.15, 0.2) is 10.7 Å². The number of hydrogen-bond acceptors (Lipinski definition) is 5. The minimum absolute atomic E-state index is 0.0129. The van der Waals surface area contributed by atoms with Crippen LogP contribution in [0.3, 0.4) is 0 Å². The summed E-state index contributed by atoms with van der Waals surface area (Å²) in [6.07, 6.45) is 8.75. The van der Waals surface area contributed by atoms with Crippen LogP contribution in [0.4, 0.5) is 10.5 Å². The summed E-state index contributed by atoms with van der Waals surface area (Å²) in [7, 11) is -2.52. The van der Waals surface area contributed by atoms with Crippen molar-refractivity contribution in [3.8, 4) is 0 Å². The number of aromatic nitrogens is 2. The first-order chi connectivity index (χ1) is 15.3. The molecule has 3 amide bonds. The largest absolute Gasteiger partial charge is 0.337 e. The van der Waals surface area contributed by atoms with Gasteiger partial charge in [0.05, 0.1) is 0 Å². The highest BCUT2D eigenvalue weighted by Crippen LogP contribution is 2.38. The monoisotopic (exact) mass is 457 g/mol. The van der Waals surface area contributed by atoms with E-state index >= 15 is 0 Å². The fourth-order valence-corrected chi connectivity index (χ4v) is 5.79.